The average molecular weight is 247 g/mol. The number of nitrogens with one attached hydrogen (secondary N) is 1. The molecule has 0 fully saturated rings. The number of nitrogens with zero attached hydrogens (tertiary/aromatic N) is 2. The van der Waals surface area contributed by atoms with E-state index >= 15 is 0 Å². The van der Waals surface area contributed by atoms with Crippen molar-refractivity contribution in [2.24, 2.45) is 0 Å². The molecule has 0 aromatic carbocycles. The first-order chi connectivity index (χ1) is 8.88. The summed E-state index contributed by atoms with van der Waals surface area (Å²) in [5.41, 5.74) is 1.58. The van der Waals surface area contributed by atoms with E-state index in [0.717, 1.165) is 18.8 Å². The largest absolute Gasteiger partial charge is 0.478 e. The predicted molar refractivity (Wildman–Crippen MR) is 72.9 cm³/mol. The van der Waals surface area contributed by atoms with Crippen molar-refractivity contribution < 1.29 is 4.74 Å². The van der Waals surface area contributed by atoms with Crippen molar-refractivity contribution in [2.75, 3.05) is 18.5 Å². The van der Waals surface area contributed by atoms with Crippen molar-refractivity contribution >= 4 is 5.82 Å². The van der Waals surface area contributed by atoms with Crippen molar-refractivity contribution in [2.45, 2.75) is 39.0 Å². The molecule has 0 atom stereocenters. The van der Waals surface area contributed by atoms with E-state index < -0.39 is 0 Å². The summed E-state index contributed by atoms with van der Waals surface area (Å²) in [5, 5.41) is 3.32. The van der Waals surface area contributed by atoms with Crippen molar-refractivity contribution in [1.82, 2.24) is 9.97 Å². The number of hydrogen-bond acceptors (Lipinski definition) is 4. The monoisotopic (exact) mass is 247 g/mol. The van der Waals surface area contributed by atoms with Crippen LogP contribution in [0, 0.1) is 0 Å². The zero-order valence-corrected chi connectivity index (χ0v) is 11.0. The highest BCUT2D eigenvalue weighted by Gasteiger charge is 2.04. The molecule has 1 aliphatic rings. The molecule has 4 heteroatoms. The van der Waals surface area contributed by atoms with Gasteiger partial charge in [0.05, 0.1) is 6.61 Å². The van der Waals surface area contributed by atoms with Gasteiger partial charge in [0, 0.05) is 12.6 Å². The third kappa shape index (κ3) is 4.02. The maximum absolute atomic E-state index is 5.34. The minimum Gasteiger partial charge on any atom is -0.478 e. The molecule has 1 aromatic heterocycles. The van der Waals surface area contributed by atoms with Crippen LogP contribution in [0.2, 0.25) is 0 Å². The second-order valence-electron chi connectivity index (χ2n) is 4.46. The standard InChI is InChI=1S/C14H21N3O/c1-2-18-14-10-13(16-11-17-14)15-9-8-12-6-4-3-5-7-12/h6,10-11H,2-5,7-9H2,1H3,(H,15,16,17). The van der Waals surface area contributed by atoms with Gasteiger partial charge in [0.1, 0.15) is 12.1 Å². The number of anilines is 1. The minimum atomic E-state index is 0.628. The van der Waals surface area contributed by atoms with Crippen LogP contribution in [0.4, 0.5) is 5.82 Å². The molecule has 0 amide bonds. The van der Waals surface area contributed by atoms with Gasteiger partial charge < -0.3 is 10.1 Å². The van der Waals surface area contributed by atoms with Gasteiger partial charge in [-0.1, -0.05) is 11.6 Å². The summed E-state index contributed by atoms with van der Waals surface area (Å²) in [6.45, 7) is 3.50. The number of hydrogen-bond donors (Lipinski definition) is 1. The van der Waals surface area contributed by atoms with Gasteiger partial charge in [-0.05, 0) is 39.0 Å². The zero-order chi connectivity index (χ0) is 12.6. The third-order valence-corrected chi connectivity index (χ3v) is 3.07. The highest BCUT2D eigenvalue weighted by atomic mass is 16.5. The summed E-state index contributed by atoms with van der Waals surface area (Å²) in [6.07, 6.45) is 10.2. The van der Waals surface area contributed by atoms with Crippen LogP contribution in [0.1, 0.15) is 39.0 Å². The van der Waals surface area contributed by atoms with Gasteiger partial charge in [-0.3, -0.25) is 0 Å². The Hall–Kier alpha value is -1.58. The molecule has 0 saturated carbocycles. The summed E-state index contributed by atoms with van der Waals surface area (Å²) < 4.78 is 5.34. The second kappa shape index (κ2) is 6.99. The molecular weight excluding hydrogens is 226 g/mol. The van der Waals surface area contributed by atoms with Crippen molar-refractivity contribution in [3.8, 4) is 5.88 Å². The van der Waals surface area contributed by atoms with Gasteiger partial charge in [0.25, 0.3) is 0 Å². The number of ether oxygens (including phenoxy) is 1. The molecule has 0 saturated heterocycles. The van der Waals surface area contributed by atoms with Gasteiger partial charge in [0.2, 0.25) is 5.88 Å². The van der Waals surface area contributed by atoms with Gasteiger partial charge in [-0.25, -0.2) is 9.97 Å². The van der Waals surface area contributed by atoms with Crippen LogP contribution in [0.15, 0.2) is 24.0 Å². The lowest BCUT2D eigenvalue weighted by atomic mass is 9.97. The fourth-order valence-corrected chi connectivity index (χ4v) is 2.15. The van der Waals surface area contributed by atoms with E-state index in [9.17, 15) is 0 Å². The smallest absolute Gasteiger partial charge is 0.218 e. The number of aromatic nitrogens is 2. The summed E-state index contributed by atoms with van der Waals surface area (Å²) in [5.74, 6) is 1.47. The Morgan fingerprint density at radius 1 is 1.33 bits per heavy atom. The SMILES string of the molecule is CCOc1cc(NCCC2=CCCCC2)ncn1. The van der Waals surface area contributed by atoms with Crippen LogP contribution < -0.4 is 10.1 Å². The van der Waals surface area contributed by atoms with E-state index in [1.165, 1.54) is 32.0 Å². The van der Waals surface area contributed by atoms with Crippen LogP contribution in [0.5, 0.6) is 5.88 Å². The molecule has 2 rings (SSSR count). The predicted octanol–water partition coefficient (Wildman–Crippen LogP) is 3.18. The minimum absolute atomic E-state index is 0.628. The van der Waals surface area contributed by atoms with Crippen LogP contribution >= 0.6 is 0 Å². The quantitative estimate of drug-likeness (QED) is 0.784. The van der Waals surface area contributed by atoms with E-state index in [0.29, 0.717) is 12.5 Å². The molecule has 0 bridgehead atoms. The molecule has 4 nitrogen and oxygen atoms in total. The van der Waals surface area contributed by atoms with Crippen molar-refractivity contribution in [1.29, 1.82) is 0 Å². The molecule has 1 heterocycles. The maximum atomic E-state index is 5.34. The molecule has 1 N–H and O–H groups in total. The fourth-order valence-electron chi connectivity index (χ4n) is 2.15. The molecule has 0 spiro atoms. The summed E-state index contributed by atoms with van der Waals surface area (Å²) in [7, 11) is 0. The Morgan fingerprint density at radius 2 is 2.28 bits per heavy atom. The first kappa shape index (κ1) is 12.9. The molecule has 1 aliphatic carbocycles. The Kier molecular flexibility index (Phi) is 5.00. The highest BCUT2D eigenvalue weighted by Crippen LogP contribution is 2.20. The molecule has 0 aliphatic heterocycles. The van der Waals surface area contributed by atoms with Crippen LogP contribution in [0.3, 0.4) is 0 Å². The lowest BCUT2D eigenvalue weighted by molar-refractivity contribution is 0.326. The average Bonchev–Trinajstić information content (AvgIpc) is 2.41. The molecule has 98 valence electrons. The van der Waals surface area contributed by atoms with Crippen LogP contribution in [-0.4, -0.2) is 23.1 Å². The topological polar surface area (TPSA) is 47.0 Å². The molecule has 1 aromatic rings. The lowest BCUT2D eigenvalue weighted by Gasteiger charge is -2.13. The Labute approximate surface area is 108 Å². The maximum Gasteiger partial charge on any atom is 0.218 e. The Balaban J connectivity index is 1.78. The number of rotatable bonds is 6. The van der Waals surface area contributed by atoms with Gasteiger partial charge in [-0.2, -0.15) is 0 Å². The second-order valence-corrected chi connectivity index (χ2v) is 4.46. The van der Waals surface area contributed by atoms with Crippen LogP contribution in [0.25, 0.3) is 0 Å². The first-order valence-corrected chi connectivity index (χ1v) is 6.75. The normalized spacial score (nSPS) is 15.1. The molecule has 18 heavy (non-hydrogen) atoms. The Bertz CT molecular complexity index is 404. The fraction of sp³-hybridized carbons (Fsp3) is 0.571. The van der Waals surface area contributed by atoms with E-state index in [2.05, 4.69) is 21.4 Å². The van der Waals surface area contributed by atoms with E-state index in [-0.39, 0.29) is 0 Å². The van der Waals surface area contributed by atoms with E-state index in [4.69, 9.17) is 4.74 Å². The zero-order valence-electron chi connectivity index (χ0n) is 11.0. The van der Waals surface area contributed by atoms with E-state index in [1.807, 2.05) is 13.0 Å². The van der Waals surface area contributed by atoms with Crippen molar-refractivity contribution in [3.63, 3.8) is 0 Å². The van der Waals surface area contributed by atoms with Crippen LogP contribution in [-0.2, 0) is 0 Å². The number of allylic oxidation sites excluding steroid dienone is 1. The molecule has 0 unspecified atom stereocenters. The van der Waals surface area contributed by atoms with Gasteiger partial charge in [-0.15, -0.1) is 0 Å². The van der Waals surface area contributed by atoms with Crippen molar-refractivity contribution in [3.05, 3.63) is 24.0 Å². The molecular formula is C14H21N3O. The lowest BCUT2D eigenvalue weighted by Crippen LogP contribution is -2.06. The highest BCUT2D eigenvalue weighted by molar-refractivity contribution is 5.37. The van der Waals surface area contributed by atoms with Gasteiger partial charge >= 0.3 is 0 Å². The summed E-state index contributed by atoms with van der Waals surface area (Å²) >= 11 is 0. The Morgan fingerprint density at radius 3 is 3.06 bits per heavy atom. The summed E-state index contributed by atoms with van der Waals surface area (Å²) in [4.78, 5) is 8.22. The third-order valence-electron chi connectivity index (χ3n) is 3.07. The van der Waals surface area contributed by atoms with Gasteiger partial charge in [0.15, 0.2) is 0 Å². The van der Waals surface area contributed by atoms with E-state index in [1.54, 1.807) is 5.57 Å². The summed E-state index contributed by atoms with van der Waals surface area (Å²) in [6, 6.07) is 1.85. The molecule has 0 radical (unpaired) electrons. The first-order valence-electron chi connectivity index (χ1n) is 6.75.